The van der Waals surface area contributed by atoms with Gasteiger partial charge >= 0.3 is 0 Å². The van der Waals surface area contributed by atoms with Crippen LogP contribution in [0.4, 0.5) is 0 Å². The maximum absolute atomic E-state index is 12.7. The number of nitrogens with one attached hydrogen (secondary N) is 1. The molecule has 150 valence electrons. The van der Waals surface area contributed by atoms with E-state index in [0.717, 1.165) is 62.7 Å². The molecule has 28 heavy (non-hydrogen) atoms. The molecule has 1 aromatic rings. The van der Waals surface area contributed by atoms with Crippen LogP contribution in [-0.2, 0) is 22.6 Å². The summed E-state index contributed by atoms with van der Waals surface area (Å²) < 4.78 is 0. The van der Waals surface area contributed by atoms with Crippen LogP contribution >= 0.6 is 0 Å². The van der Waals surface area contributed by atoms with Crippen molar-refractivity contribution in [3.63, 3.8) is 0 Å². The first-order valence-corrected chi connectivity index (χ1v) is 10.8. The van der Waals surface area contributed by atoms with Gasteiger partial charge in [0.1, 0.15) is 5.82 Å². The quantitative estimate of drug-likeness (QED) is 0.857. The number of hydrogen-bond donors (Lipinski definition) is 1. The summed E-state index contributed by atoms with van der Waals surface area (Å²) >= 11 is 0. The topological polar surface area (TPSA) is 86.4 Å². The summed E-state index contributed by atoms with van der Waals surface area (Å²) in [7, 11) is 0. The highest BCUT2D eigenvalue weighted by atomic mass is 16.2. The third kappa shape index (κ3) is 3.25. The summed E-state index contributed by atoms with van der Waals surface area (Å²) in [6.45, 7) is 2.44. The van der Waals surface area contributed by atoms with Gasteiger partial charge in [-0.2, -0.15) is 0 Å². The molecule has 2 saturated carbocycles. The van der Waals surface area contributed by atoms with Crippen molar-refractivity contribution >= 4 is 11.8 Å². The summed E-state index contributed by atoms with van der Waals surface area (Å²) in [5.41, 5.74) is 1.40. The molecule has 1 N–H and O–H groups in total. The predicted octanol–water partition coefficient (Wildman–Crippen LogP) is 1.57. The number of carbonyl (C=O) groups is 2. The molecule has 3 fully saturated rings. The molecule has 1 saturated heterocycles. The van der Waals surface area contributed by atoms with E-state index in [9.17, 15) is 14.4 Å². The average molecular weight is 384 g/mol. The Labute approximate surface area is 164 Å². The van der Waals surface area contributed by atoms with Gasteiger partial charge in [0.2, 0.25) is 11.8 Å². The minimum absolute atomic E-state index is 0.0703. The van der Waals surface area contributed by atoms with E-state index in [4.69, 9.17) is 4.98 Å². The van der Waals surface area contributed by atoms with Crippen molar-refractivity contribution in [2.45, 2.75) is 63.8 Å². The number of fused-ring (bicyclic) bond motifs is 1. The number of amides is 2. The normalized spacial score (nSPS) is 25.2. The number of H-pyrrole nitrogens is 1. The maximum Gasteiger partial charge on any atom is 0.254 e. The second-order valence-electron chi connectivity index (χ2n) is 8.91. The molecular weight excluding hydrogens is 356 g/mol. The molecule has 1 atom stereocenters. The summed E-state index contributed by atoms with van der Waals surface area (Å²) in [4.78, 5) is 49.3. The van der Waals surface area contributed by atoms with Gasteiger partial charge in [-0.15, -0.1) is 0 Å². The third-order valence-corrected chi connectivity index (χ3v) is 6.92. The monoisotopic (exact) mass is 384 g/mol. The van der Waals surface area contributed by atoms with Gasteiger partial charge in [-0.25, -0.2) is 4.98 Å². The molecule has 2 aliphatic carbocycles. The van der Waals surface area contributed by atoms with Gasteiger partial charge in [-0.1, -0.05) is 12.8 Å². The smallest absolute Gasteiger partial charge is 0.254 e. The molecule has 2 amide bonds. The fraction of sp³-hybridized carbons (Fsp3) is 0.714. The number of likely N-dealkylation sites (tertiary alicyclic amines) is 1. The zero-order valence-corrected chi connectivity index (χ0v) is 16.3. The van der Waals surface area contributed by atoms with Gasteiger partial charge in [0, 0.05) is 43.0 Å². The van der Waals surface area contributed by atoms with Crippen LogP contribution < -0.4 is 5.56 Å². The van der Waals surface area contributed by atoms with Crippen LogP contribution in [0.15, 0.2) is 4.79 Å². The minimum Gasteiger partial charge on any atom is -0.342 e. The molecule has 0 radical (unpaired) electrons. The second-order valence-corrected chi connectivity index (χ2v) is 8.91. The molecule has 1 aromatic heterocycles. The van der Waals surface area contributed by atoms with Crippen molar-refractivity contribution < 1.29 is 9.59 Å². The minimum atomic E-state index is -0.0703. The van der Waals surface area contributed by atoms with Crippen LogP contribution in [0.3, 0.4) is 0 Å². The highest BCUT2D eigenvalue weighted by Gasteiger charge is 2.37. The van der Waals surface area contributed by atoms with E-state index in [0.29, 0.717) is 31.9 Å². The third-order valence-electron chi connectivity index (χ3n) is 6.92. The first kappa shape index (κ1) is 17.9. The molecule has 0 aromatic carbocycles. The molecule has 0 bridgehead atoms. The fourth-order valence-electron chi connectivity index (χ4n) is 5.04. The Bertz CT molecular complexity index is 854. The first-order chi connectivity index (χ1) is 13.6. The molecule has 5 rings (SSSR count). The largest absolute Gasteiger partial charge is 0.342 e. The SMILES string of the molecule is O=C(C1CC1)N1CCc2c(nc([C@H]3CCN(C(=O)C4CCCC4)C3)[nH]c2=O)C1. The lowest BCUT2D eigenvalue weighted by atomic mass is 10.0. The standard InChI is InChI=1S/C21H28N4O3/c26-19-16-8-10-25(21(28)14-5-6-14)12-17(16)22-18(23-19)15-7-9-24(11-15)20(27)13-3-1-2-4-13/h13-15H,1-12H2,(H,22,23,26)/t15-/m0/s1. The van der Waals surface area contributed by atoms with Crippen LogP contribution in [-0.4, -0.2) is 51.2 Å². The Morgan fingerprint density at radius 2 is 1.64 bits per heavy atom. The number of carbonyl (C=O) groups excluding carboxylic acids is 2. The van der Waals surface area contributed by atoms with Crippen LogP contribution in [0.1, 0.15) is 67.9 Å². The van der Waals surface area contributed by atoms with Crippen LogP contribution in [0.5, 0.6) is 0 Å². The lowest BCUT2D eigenvalue weighted by Gasteiger charge is -2.28. The van der Waals surface area contributed by atoms with Gasteiger partial charge in [0.25, 0.3) is 5.56 Å². The van der Waals surface area contributed by atoms with E-state index in [1.54, 1.807) is 0 Å². The van der Waals surface area contributed by atoms with Crippen LogP contribution in [0.25, 0.3) is 0 Å². The van der Waals surface area contributed by atoms with Gasteiger partial charge in [0.05, 0.1) is 12.2 Å². The van der Waals surface area contributed by atoms with Crippen molar-refractivity contribution in [2.75, 3.05) is 19.6 Å². The molecule has 4 aliphatic rings. The predicted molar refractivity (Wildman–Crippen MR) is 103 cm³/mol. The van der Waals surface area contributed by atoms with E-state index < -0.39 is 0 Å². The van der Waals surface area contributed by atoms with E-state index in [2.05, 4.69) is 4.98 Å². The summed E-state index contributed by atoms with van der Waals surface area (Å²) in [5.74, 6) is 1.64. The number of aromatic amines is 1. The van der Waals surface area contributed by atoms with Gasteiger partial charge in [-0.05, 0) is 38.5 Å². The van der Waals surface area contributed by atoms with Crippen LogP contribution in [0, 0.1) is 11.8 Å². The lowest BCUT2D eigenvalue weighted by molar-refractivity contribution is -0.134. The van der Waals surface area contributed by atoms with Gasteiger partial charge < -0.3 is 14.8 Å². The molecule has 3 heterocycles. The van der Waals surface area contributed by atoms with Crippen molar-refractivity contribution in [2.24, 2.45) is 11.8 Å². The maximum atomic E-state index is 12.7. The fourth-order valence-corrected chi connectivity index (χ4v) is 5.04. The van der Waals surface area contributed by atoms with E-state index in [1.807, 2.05) is 9.80 Å². The van der Waals surface area contributed by atoms with Gasteiger partial charge in [-0.3, -0.25) is 14.4 Å². The second kappa shape index (κ2) is 7.01. The summed E-state index contributed by atoms with van der Waals surface area (Å²) in [6, 6.07) is 0. The average Bonchev–Trinajstić information content (AvgIpc) is 3.20. The Kier molecular flexibility index (Phi) is 4.48. The lowest BCUT2D eigenvalue weighted by Crippen LogP contribution is -2.40. The molecule has 7 heteroatoms. The van der Waals surface area contributed by atoms with Gasteiger partial charge in [0.15, 0.2) is 0 Å². The Hall–Kier alpha value is -2.18. The van der Waals surface area contributed by atoms with Crippen molar-refractivity contribution in [1.82, 2.24) is 19.8 Å². The number of hydrogen-bond acceptors (Lipinski definition) is 4. The van der Waals surface area contributed by atoms with Crippen molar-refractivity contribution in [3.05, 3.63) is 27.4 Å². The van der Waals surface area contributed by atoms with Crippen molar-refractivity contribution in [3.8, 4) is 0 Å². The molecule has 0 spiro atoms. The highest BCUT2D eigenvalue weighted by molar-refractivity contribution is 5.81. The first-order valence-electron chi connectivity index (χ1n) is 10.8. The Balaban J connectivity index is 1.32. The zero-order chi connectivity index (χ0) is 19.3. The van der Waals surface area contributed by atoms with Crippen molar-refractivity contribution in [1.29, 1.82) is 0 Å². The summed E-state index contributed by atoms with van der Waals surface area (Å²) in [6.07, 6.45) is 7.73. The van der Waals surface area contributed by atoms with E-state index in [1.165, 1.54) is 0 Å². The van der Waals surface area contributed by atoms with E-state index in [-0.39, 0.29) is 35.1 Å². The molecular formula is C21H28N4O3. The Morgan fingerprint density at radius 3 is 2.39 bits per heavy atom. The number of nitrogens with zero attached hydrogens (tertiary/aromatic N) is 3. The van der Waals surface area contributed by atoms with Crippen LogP contribution in [0.2, 0.25) is 0 Å². The molecule has 0 unspecified atom stereocenters. The zero-order valence-electron chi connectivity index (χ0n) is 16.3. The van der Waals surface area contributed by atoms with E-state index >= 15 is 0 Å². The summed E-state index contributed by atoms with van der Waals surface area (Å²) in [5, 5.41) is 0. The Morgan fingerprint density at radius 1 is 0.929 bits per heavy atom. The molecule has 2 aliphatic heterocycles. The molecule has 7 nitrogen and oxygen atoms in total. The number of rotatable bonds is 3. The highest BCUT2D eigenvalue weighted by Crippen LogP contribution is 2.33. The number of aromatic nitrogens is 2.